The number of halogens is 1. The van der Waals surface area contributed by atoms with Gasteiger partial charge in [-0.05, 0) is 19.9 Å². The van der Waals surface area contributed by atoms with Crippen molar-refractivity contribution in [2.75, 3.05) is 20.3 Å². The molecule has 4 nitrogen and oxygen atoms in total. The molecule has 0 aliphatic carbocycles. The van der Waals surface area contributed by atoms with Crippen molar-refractivity contribution in [3.8, 4) is 0 Å². The minimum Gasteiger partial charge on any atom is -0.466 e. The van der Waals surface area contributed by atoms with Crippen LogP contribution in [-0.2, 0) is 4.74 Å². The Hall–Kier alpha value is -0.810. The van der Waals surface area contributed by atoms with Gasteiger partial charge in [-0.1, -0.05) is 15.9 Å². The highest BCUT2D eigenvalue weighted by molar-refractivity contribution is 9.09. The second-order valence-electron chi connectivity index (χ2n) is 3.59. The van der Waals surface area contributed by atoms with E-state index in [1.54, 1.807) is 20.1 Å². The number of methoxy groups -OCH3 is 1. The fourth-order valence-electron chi connectivity index (χ4n) is 1.39. The van der Waals surface area contributed by atoms with Crippen molar-refractivity contribution >= 4 is 21.8 Å². The highest BCUT2D eigenvalue weighted by Gasteiger charge is 2.14. The normalized spacial score (nSPS) is 12.5. The van der Waals surface area contributed by atoms with Crippen molar-refractivity contribution in [3.63, 3.8) is 0 Å². The van der Waals surface area contributed by atoms with Gasteiger partial charge < -0.3 is 14.5 Å². The summed E-state index contributed by atoms with van der Waals surface area (Å²) in [5.41, 5.74) is 0.592. The molecule has 1 amide bonds. The number of carbonyl (C=O) groups is 1. The van der Waals surface area contributed by atoms with Crippen molar-refractivity contribution in [3.05, 3.63) is 23.2 Å². The molecule has 0 aromatic carbocycles. The molecular weight excluding hydrogens is 274 g/mol. The first kappa shape index (κ1) is 13.3. The Bertz CT molecular complexity index is 362. The zero-order chi connectivity index (χ0) is 12.1. The summed E-state index contributed by atoms with van der Waals surface area (Å²) >= 11 is 3.40. The van der Waals surface area contributed by atoms with Crippen LogP contribution in [-0.4, -0.2) is 31.0 Å². The van der Waals surface area contributed by atoms with E-state index in [1.165, 1.54) is 0 Å². The maximum absolute atomic E-state index is 11.8. The fraction of sp³-hybridized carbons (Fsp3) is 0.545. The van der Waals surface area contributed by atoms with Gasteiger partial charge in [0.1, 0.15) is 11.5 Å². The first-order chi connectivity index (χ1) is 7.54. The number of aryl methyl sites for hydroxylation is 2. The maximum atomic E-state index is 11.8. The summed E-state index contributed by atoms with van der Waals surface area (Å²) in [4.78, 5) is 11.9. The SMILES string of the molecule is COCC(Br)CNC(=O)c1cc(C)oc1C. The van der Waals surface area contributed by atoms with Gasteiger partial charge in [-0.25, -0.2) is 0 Å². The lowest BCUT2D eigenvalue weighted by atomic mass is 10.2. The maximum Gasteiger partial charge on any atom is 0.254 e. The van der Waals surface area contributed by atoms with Gasteiger partial charge >= 0.3 is 0 Å². The molecule has 0 saturated carbocycles. The fourth-order valence-corrected chi connectivity index (χ4v) is 1.82. The summed E-state index contributed by atoms with van der Waals surface area (Å²) in [6.07, 6.45) is 0. The molecule has 0 aliphatic rings. The van der Waals surface area contributed by atoms with Gasteiger partial charge in [-0.2, -0.15) is 0 Å². The van der Waals surface area contributed by atoms with Gasteiger partial charge in [0.25, 0.3) is 5.91 Å². The number of carbonyl (C=O) groups excluding carboxylic acids is 1. The summed E-state index contributed by atoms with van der Waals surface area (Å²) < 4.78 is 10.2. The molecule has 0 spiro atoms. The van der Waals surface area contributed by atoms with E-state index in [2.05, 4.69) is 21.2 Å². The predicted molar refractivity (Wildman–Crippen MR) is 65.1 cm³/mol. The lowest BCUT2D eigenvalue weighted by molar-refractivity contribution is 0.0948. The molecule has 1 aromatic rings. The van der Waals surface area contributed by atoms with Crippen LogP contribution in [0.4, 0.5) is 0 Å². The molecular formula is C11H16BrNO3. The summed E-state index contributed by atoms with van der Waals surface area (Å²) in [7, 11) is 1.62. The van der Waals surface area contributed by atoms with Crippen molar-refractivity contribution < 1.29 is 13.9 Å². The van der Waals surface area contributed by atoms with Crippen LogP contribution in [0.25, 0.3) is 0 Å². The zero-order valence-corrected chi connectivity index (χ0v) is 11.3. The van der Waals surface area contributed by atoms with Crippen LogP contribution in [0.15, 0.2) is 10.5 Å². The Morgan fingerprint density at radius 2 is 2.31 bits per heavy atom. The molecule has 1 atom stereocenters. The van der Waals surface area contributed by atoms with Crippen LogP contribution in [0.5, 0.6) is 0 Å². The molecule has 0 saturated heterocycles. The molecule has 90 valence electrons. The van der Waals surface area contributed by atoms with Gasteiger partial charge in [-0.3, -0.25) is 4.79 Å². The summed E-state index contributed by atoms with van der Waals surface area (Å²) in [5, 5.41) is 2.81. The number of hydrogen-bond donors (Lipinski definition) is 1. The highest BCUT2D eigenvalue weighted by Crippen LogP contribution is 2.13. The van der Waals surface area contributed by atoms with Gasteiger partial charge in [0.2, 0.25) is 0 Å². The highest BCUT2D eigenvalue weighted by atomic mass is 79.9. The van der Waals surface area contributed by atoms with Gasteiger partial charge in [0.05, 0.1) is 17.0 Å². The quantitative estimate of drug-likeness (QED) is 0.844. The zero-order valence-electron chi connectivity index (χ0n) is 9.67. The van der Waals surface area contributed by atoms with Crippen LogP contribution in [0.2, 0.25) is 0 Å². The molecule has 0 bridgehead atoms. The smallest absolute Gasteiger partial charge is 0.254 e. The van der Waals surface area contributed by atoms with Crippen molar-refractivity contribution in [1.82, 2.24) is 5.32 Å². The predicted octanol–water partition coefficient (Wildman–Crippen LogP) is 2.04. The second-order valence-corrected chi connectivity index (χ2v) is 4.88. The van der Waals surface area contributed by atoms with E-state index in [-0.39, 0.29) is 10.7 Å². The molecule has 16 heavy (non-hydrogen) atoms. The largest absolute Gasteiger partial charge is 0.466 e. The second kappa shape index (κ2) is 6.06. The van der Waals surface area contributed by atoms with Crippen LogP contribution >= 0.6 is 15.9 Å². The third kappa shape index (κ3) is 3.64. The summed E-state index contributed by atoms with van der Waals surface area (Å²) in [5.74, 6) is 1.28. The monoisotopic (exact) mass is 289 g/mol. The Morgan fingerprint density at radius 3 is 2.81 bits per heavy atom. The lowest BCUT2D eigenvalue weighted by Crippen LogP contribution is -2.31. The third-order valence-corrected chi connectivity index (χ3v) is 2.71. The van der Waals surface area contributed by atoms with Gasteiger partial charge in [0.15, 0.2) is 0 Å². The minimum absolute atomic E-state index is 0.116. The van der Waals surface area contributed by atoms with Crippen molar-refractivity contribution in [1.29, 1.82) is 0 Å². The molecule has 1 N–H and O–H groups in total. The molecule has 1 heterocycles. The number of rotatable bonds is 5. The molecule has 0 fully saturated rings. The van der Waals surface area contributed by atoms with E-state index >= 15 is 0 Å². The van der Waals surface area contributed by atoms with E-state index in [9.17, 15) is 4.79 Å². The number of amides is 1. The topological polar surface area (TPSA) is 51.5 Å². The number of nitrogens with one attached hydrogen (secondary N) is 1. The molecule has 0 aliphatic heterocycles. The Balaban J connectivity index is 2.50. The third-order valence-electron chi connectivity index (χ3n) is 2.12. The van der Waals surface area contributed by atoms with E-state index < -0.39 is 0 Å². The van der Waals surface area contributed by atoms with Crippen molar-refractivity contribution in [2.45, 2.75) is 18.7 Å². The van der Waals surface area contributed by atoms with Crippen molar-refractivity contribution in [2.24, 2.45) is 0 Å². The minimum atomic E-state index is -0.116. The number of hydrogen-bond acceptors (Lipinski definition) is 3. The Morgan fingerprint density at radius 1 is 1.62 bits per heavy atom. The van der Waals surface area contributed by atoms with Gasteiger partial charge in [0, 0.05) is 13.7 Å². The van der Waals surface area contributed by atoms with Gasteiger partial charge in [-0.15, -0.1) is 0 Å². The first-order valence-electron chi connectivity index (χ1n) is 5.02. The van der Waals surface area contributed by atoms with Crippen LogP contribution in [0.3, 0.4) is 0 Å². The Kier molecular flexibility index (Phi) is 5.02. The van der Waals surface area contributed by atoms with E-state index in [0.29, 0.717) is 24.5 Å². The first-order valence-corrected chi connectivity index (χ1v) is 5.94. The number of furan rings is 1. The number of ether oxygens (including phenoxy) is 1. The molecule has 5 heteroatoms. The van der Waals surface area contributed by atoms with E-state index in [0.717, 1.165) is 5.76 Å². The summed E-state index contributed by atoms with van der Waals surface area (Å²) in [6.45, 7) is 4.69. The molecule has 1 unspecified atom stereocenters. The van der Waals surface area contributed by atoms with E-state index in [1.807, 2.05) is 6.92 Å². The average Bonchev–Trinajstić information content (AvgIpc) is 2.55. The van der Waals surface area contributed by atoms with Crippen LogP contribution in [0.1, 0.15) is 21.9 Å². The molecule has 1 rings (SSSR count). The standard InChI is InChI=1S/C11H16BrNO3/c1-7-4-10(8(2)16-7)11(14)13-5-9(12)6-15-3/h4,9H,5-6H2,1-3H3,(H,13,14). The van der Waals surface area contributed by atoms with Crippen LogP contribution < -0.4 is 5.32 Å². The molecule has 1 aromatic heterocycles. The van der Waals surface area contributed by atoms with Crippen LogP contribution in [0, 0.1) is 13.8 Å². The number of alkyl halides is 1. The summed E-state index contributed by atoms with van der Waals surface area (Å²) in [6, 6.07) is 1.74. The van der Waals surface area contributed by atoms with E-state index in [4.69, 9.17) is 9.15 Å². The molecule has 0 radical (unpaired) electrons. The average molecular weight is 290 g/mol. The lowest BCUT2D eigenvalue weighted by Gasteiger charge is -2.09. The Labute approximate surface area is 103 Å².